The molecule has 0 aromatic heterocycles. The van der Waals surface area contributed by atoms with E-state index in [9.17, 15) is 9.18 Å². The van der Waals surface area contributed by atoms with Crippen molar-refractivity contribution in [2.75, 3.05) is 0 Å². The second-order valence-corrected chi connectivity index (χ2v) is 3.84. The molecule has 1 aromatic carbocycles. The van der Waals surface area contributed by atoms with Crippen LogP contribution in [0.4, 0.5) is 4.39 Å². The van der Waals surface area contributed by atoms with Gasteiger partial charge in [-0.3, -0.25) is 0 Å². The molecule has 0 spiro atoms. The molecule has 1 rings (SSSR count). The van der Waals surface area contributed by atoms with Crippen LogP contribution in [0, 0.1) is 9.39 Å². The van der Waals surface area contributed by atoms with E-state index in [4.69, 9.17) is 9.84 Å². The smallest absolute Gasteiger partial charge is 0.344 e. The van der Waals surface area contributed by atoms with E-state index in [0.717, 1.165) is 0 Å². The SMILES string of the molecule is CC(Oc1ccc(I)c(F)c1)C(=O)O. The van der Waals surface area contributed by atoms with E-state index < -0.39 is 17.9 Å². The number of hydrogen-bond donors (Lipinski definition) is 1. The van der Waals surface area contributed by atoms with E-state index in [1.807, 2.05) is 22.6 Å². The van der Waals surface area contributed by atoms with Gasteiger partial charge in [0, 0.05) is 9.64 Å². The minimum absolute atomic E-state index is 0.220. The van der Waals surface area contributed by atoms with Gasteiger partial charge in [-0.1, -0.05) is 0 Å². The Balaban J connectivity index is 2.78. The molecule has 0 radical (unpaired) electrons. The third-order valence-corrected chi connectivity index (χ3v) is 2.43. The lowest BCUT2D eigenvalue weighted by atomic mass is 10.3. The zero-order valence-electron chi connectivity index (χ0n) is 7.33. The highest BCUT2D eigenvalue weighted by Gasteiger charge is 2.12. The average Bonchev–Trinajstić information content (AvgIpc) is 2.11. The molecule has 0 aliphatic heterocycles. The second kappa shape index (κ2) is 4.59. The first-order chi connectivity index (χ1) is 6.50. The van der Waals surface area contributed by atoms with Crippen molar-refractivity contribution in [3.8, 4) is 5.75 Å². The molecule has 0 fully saturated rings. The quantitative estimate of drug-likeness (QED) is 0.871. The van der Waals surface area contributed by atoms with E-state index in [0.29, 0.717) is 3.57 Å². The van der Waals surface area contributed by atoms with E-state index in [1.165, 1.54) is 25.1 Å². The van der Waals surface area contributed by atoms with Crippen LogP contribution in [0.15, 0.2) is 18.2 Å². The molecule has 76 valence electrons. The maximum absolute atomic E-state index is 13.0. The van der Waals surface area contributed by atoms with Gasteiger partial charge in [-0.2, -0.15) is 0 Å². The van der Waals surface area contributed by atoms with E-state index in [2.05, 4.69) is 0 Å². The summed E-state index contributed by atoms with van der Waals surface area (Å²) >= 11 is 1.84. The summed E-state index contributed by atoms with van der Waals surface area (Å²) in [5, 5.41) is 8.55. The molecular weight excluding hydrogens is 302 g/mol. The second-order valence-electron chi connectivity index (χ2n) is 2.67. The van der Waals surface area contributed by atoms with Crippen LogP contribution >= 0.6 is 22.6 Å². The van der Waals surface area contributed by atoms with Crippen molar-refractivity contribution in [3.63, 3.8) is 0 Å². The van der Waals surface area contributed by atoms with Crippen LogP contribution in [0.1, 0.15) is 6.92 Å². The molecule has 5 heteroatoms. The molecule has 0 saturated carbocycles. The largest absolute Gasteiger partial charge is 0.479 e. The predicted molar refractivity (Wildman–Crippen MR) is 56.8 cm³/mol. The number of ether oxygens (including phenoxy) is 1. The zero-order valence-corrected chi connectivity index (χ0v) is 9.49. The van der Waals surface area contributed by atoms with E-state index >= 15 is 0 Å². The van der Waals surface area contributed by atoms with Gasteiger partial charge in [0.2, 0.25) is 0 Å². The Morgan fingerprint density at radius 3 is 2.79 bits per heavy atom. The average molecular weight is 310 g/mol. The molecule has 1 unspecified atom stereocenters. The Hall–Kier alpha value is -0.850. The first-order valence-electron chi connectivity index (χ1n) is 3.85. The number of aliphatic carboxylic acids is 1. The number of halogens is 2. The highest BCUT2D eigenvalue weighted by molar-refractivity contribution is 14.1. The van der Waals surface area contributed by atoms with Crippen LogP contribution in [-0.4, -0.2) is 17.2 Å². The molecule has 0 bridgehead atoms. The number of hydrogen-bond acceptors (Lipinski definition) is 2. The zero-order chi connectivity index (χ0) is 10.7. The summed E-state index contributed by atoms with van der Waals surface area (Å²) in [4.78, 5) is 10.4. The van der Waals surface area contributed by atoms with Gasteiger partial charge in [0.15, 0.2) is 6.10 Å². The first kappa shape index (κ1) is 11.2. The molecular formula is C9H8FIO3. The monoisotopic (exact) mass is 310 g/mol. The maximum Gasteiger partial charge on any atom is 0.344 e. The fourth-order valence-corrected chi connectivity index (χ4v) is 1.14. The summed E-state index contributed by atoms with van der Waals surface area (Å²) in [6.07, 6.45) is -0.977. The lowest BCUT2D eigenvalue weighted by molar-refractivity contribution is -0.144. The Bertz CT molecular complexity index is 354. The van der Waals surface area contributed by atoms with Gasteiger partial charge < -0.3 is 9.84 Å². The standard InChI is InChI=1S/C9H8FIO3/c1-5(9(12)13)14-6-2-3-8(11)7(10)4-6/h2-5H,1H3,(H,12,13). The van der Waals surface area contributed by atoms with Crippen LogP contribution in [0.3, 0.4) is 0 Å². The van der Waals surface area contributed by atoms with Gasteiger partial charge in [0.25, 0.3) is 0 Å². The van der Waals surface area contributed by atoms with Crippen molar-refractivity contribution >= 4 is 28.6 Å². The Morgan fingerprint density at radius 1 is 1.64 bits per heavy atom. The highest BCUT2D eigenvalue weighted by Crippen LogP contribution is 2.18. The van der Waals surface area contributed by atoms with Crippen molar-refractivity contribution in [2.45, 2.75) is 13.0 Å². The molecule has 1 aromatic rings. The molecule has 3 nitrogen and oxygen atoms in total. The normalized spacial score (nSPS) is 12.2. The van der Waals surface area contributed by atoms with Crippen molar-refractivity contribution < 1.29 is 19.0 Å². The molecule has 0 amide bonds. The number of rotatable bonds is 3. The lowest BCUT2D eigenvalue weighted by Crippen LogP contribution is -2.22. The van der Waals surface area contributed by atoms with Crippen molar-refractivity contribution in [2.24, 2.45) is 0 Å². The summed E-state index contributed by atoms with van der Waals surface area (Å²) in [5.74, 6) is -1.28. The minimum atomic E-state index is -1.08. The number of benzene rings is 1. The van der Waals surface area contributed by atoms with Crippen molar-refractivity contribution in [3.05, 3.63) is 27.6 Å². The third-order valence-electron chi connectivity index (χ3n) is 1.55. The molecule has 1 N–H and O–H groups in total. The predicted octanol–water partition coefficient (Wildman–Crippen LogP) is 2.28. The molecule has 0 saturated heterocycles. The Morgan fingerprint density at radius 2 is 2.29 bits per heavy atom. The van der Waals surface area contributed by atoms with Gasteiger partial charge in [-0.15, -0.1) is 0 Å². The molecule has 14 heavy (non-hydrogen) atoms. The molecule has 0 heterocycles. The third kappa shape index (κ3) is 2.83. The van der Waals surface area contributed by atoms with Gasteiger partial charge >= 0.3 is 5.97 Å². The number of carbonyl (C=O) groups is 1. The number of carboxylic acids is 1. The number of carboxylic acid groups (broad SMARTS) is 1. The fraction of sp³-hybridized carbons (Fsp3) is 0.222. The molecule has 0 aliphatic rings. The van der Waals surface area contributed by atoms with E-state index in [-0.39, 0.29) is 5.75 Å². The first-order valence-corrected chi connectivity index (χ1v) is 4.93. The fourth-order valence-electron chi connectivity index (χ4n) is 0.805. The lowest BCUT2D eigenvalue weighted by Gasteiger charge is -2.10. The maximum atomic E-state index is 13.0. The van der Waals surface area contributed by atoms with Crippen LogP contribution in [-0.2, 0) is 4.79 Å². The highest BCUT2D eigenvalue weighted by atomic mass is 127. The van der Waals surface area contributed by atoms with Crippen LogP contribution in [0.2, 0.25) is 0 Å². The Labute approximate surface area is 94.0 Å². The summed E-state index contributed by atoms with van der Waals surface area (Å²) in [6.45, 7) is 1.39. The van der Waals surface area contributed by atoms with Gasteiger partial charge in [-0.25, -0.2) is 9.18 Å². The van der Waals surface area contributed by atoms with Gasteiger partial charge in [-0.05, 0) is 41.6 Å². The molecule has 0 aliphatic carbocycles. The topological polar surface area (TPSA) is 46.5 Å². The van der Waals surface area contributed by atoms with E-state index in [1.54, 1.807) is 0 Å². The van der Waals surface area contributed by atoms with Crippen molar-refractivity contribution in [1.82, 2.24) is 0 Å². The van der Waals surface area contributed by atoms with Crippen LogP contribution < -0.4 is 4.74 Å². The van der Waals surface area contributed by atoms with Gasteiger partial charge in [0.05, 0.1) is 0 Å². The summed E-state index contributed by atoms with van der Waals surface area (Å²) in [7, 11) is 0. The Kier molecular flexibility index (Phi) is 3.68. The van der Waals surface area contributed by atoms with Gasteiger partial charge in [0.1, 0.15) is 11.6 Å². The summed E-state index contributed by atoms with van der Waals surface area (Å²) < 4.78 is 18.4. The van der Waals surface area contributed by atoms with Crippen molar-refractivity contribution in [1.29, 1.82) is 0 Å². The molecule has 1 atom stereocenters. The summed E-state index contributed by atoms with van der Waals surface area (Å²) in [5.41, 5.74) is 0. The minimum Gasteiger partial charge on any atom is -0.479 e. The van der Waals surface area contributed by atoms with Crippen LogP contribution in [0.5, 0.6) is 5.75 Å². The summed E-state index contributed by atoms with van der Waals surface area (Å²) in [6, 6.07) is 4.23. The van der Waals surface area contributed by atoms with Crippen LogP contribution in [0.25, 0.3) is 0 Å².